The number of hydrogen-bond acceptors (Lipinski definition) is 2. The molecule has 3 nitrogen and oxygen atoms in total. The van der Waals surface area contributed by atoms with Gasteiger partial charge in [0.25, 0.3) is 0 Å². The Morgan fingerprint density at radius 1 is 1.13 bits per heavy atom. The van der Waals surface area contributed by atoms with Crippen LogP contribution in [0.3, 0.4) is 0 Å². The van der Waals surface area contributed by atoms with E-state index in [9.17, 15) is 4.79 Å². The van der Waals surface area contributed by atoms with E-state index in [0.717, 1.165) is 51.6 Å². The van der Waals surface area contributed by atoms with Crippen molar-refractivity contribution >= 4 is 18.3 Å². The molecular formula is C19H31ClN2O. The Morgan fingerprint density at radius 2 is 1.87 bits per heavy atom. The third kappa shape index (κ3) is 6.92. The first kappa shape index (κ1) is 20.0. The number of nitrogens with zero attached hydrogens (tertiary/aromatic N) is 1. The minimum atomic E-state index is 0. The molecule has 0 radical (unpaired) electrons. The second kappa shape index (κ2) is 11.5. The Hall–Kier alpha value is -1.06. The molecule has 1 heterocycles. The van der Waals surface area contributed by atoms with Gasteiger partial charge in [0.15, 0.2) is 0 Å². The molecule has 2 rings (SSSR count). The number of benzene rings is 1. The van der Waals surface area contributed by atoms with Crippen LogP contribution in [0.15, 0.2) is 30.3 Å². The molecule has 1 saturated heterocycles. The number of carbonyl (C=O) groups is 1. The Labute approximate surface area is 147 Å². The zero-order valence-corrected chi connectivity index (χ0v) is 14.9. The van der Waals surface area contributed by atoms with Gasteiger partial charge in [0.1, 0.15) is 0 Å². The van der Waals surface area contributed by atoms with E-state index >= 15 is 0 Å². The van der Waals surface area contributed by atoms with E-state index in [1.54, 1.807) is 0 Å². The number of unbranched alkanes of at least 4 members (excludes halogenated alkanes) is 3. The molecule has 1 aromatic carbocycles. The van der Waals surface area contributed by atoms with Gasteiger partial charge in [-0.15, -0.1) is 12.4 Å². The van der Waals surface area contributed by atoms with E-state index in [1.165, 1.54) is 18.4 Å². The van der Waals surface area contributed by atoms with Gasteiger partial charge in [-0.25, -0.2) is 0 Å². The number of aryl methyl sites for hydroxylation is 1. The van der Waals surface area contributed by atoms with E-state index in [-0.39, 0.29) is 12.4 Å². The van der Waals surface area contributed by atoms with Crippen LogP contribution in [0.1, 0.15) is 56.9 Å². The van der Waals surface area contributed by atoms with Crippen molar-refractivity contribution in [3.8, 4) is 0 Å². The summed E-state index contributed by atoms with van der Waals surface area (Å²) in [6, 6.07) is 11.1. The van der Waals surface area contributed by atoms with Crippen LogP contribution in [0.2, 0.25) is 0 Å². The minimum Gasteiger partial charge on any atom is -0.340 e. The summed E-state index contributed by atoms with van der Waals surface area (Å²) in [5, 5.41) is 0. The fraction of sp³-hybridized carbons (Fsp3) is 0.632. The lowest BCUT2D eigenvalue weighted by molar-refractivity contribution is -0.132. The summed E-state index contributed by atoms with van der Waals surface area (Å²) in [6.45, 7) is 1.72. The lowest BCUT2D eigenvalue weighted by Crippen LogP contribution is -2.35. The summed E-state index contributed by atoms with van der Waals surface area (Å²) in [5.74, 6) is 0.364. The zero-order chi connectivity index (χ0) is 15.6. The van der Waals surface area contributed by atoms with Crippen molar-refractivity contribution in [2.24, 2.45) is 5.73 Å². The number of likely N-dealkylation sites (tertiary alicyclic amines) is 1. The molecule has 0 aliphatic carbocycles. The average Bonchev–Trinajstić information content (AvgIpc) is 3.02. The van der Waals surface area contributed by atoms with Gasteiger partial charge in [-0.2, -0.15) is 0 Å². The summed E-state index contributed by atoms with van der Waals surface area (Å²) in [7, 11) is 0. The average molecular weight is 339 g/mol. The van der Waals surface area contributed by atoms with Crippen molar-refractivity contribution in [3.63, 3.8) is 0 Å². The van der Waals surface area contributed by atoms with Crippen LogP contribution in [0.5, 0.6) is 0 Å². The fourth-order valence-electron chi connectivity index (χ4n) is 3.36. The number of amides is 1. The molecule has 1 atom stereocenters. The summed E-state index contributed by atoms with van der Waals surface area (Å²) >= 11 is 0. The maximum absolute atomic E-state index is 12.4. The predicted octanol–water partition coefficient (Wildman–Crippen LogP) is 3.94. The van der Waals surface area contributed by atoms with Gasteiger partial charge in [-0.3, -0.25) is 4.79 Å². The van der Waals surface area contributed by atoms with Crippen molar-refractivity contribution in [2.75, 3.05) is 13.1 Å². The van der Waals surface area contributed by atoms with Crippen LogP contribution < -0.4 is 5.73 Å². The van der Waals surface area contributed by atoms with E-state index in [0.29, 0.717) is 18.4 Å². The Morgan fingerprint density at radius 3 is 2.61 bits per heavy atom. The predicted molar refractivity (Wildman–Crippen MR) is 98.9 cm³/mol. The Kier molecular flexibility index (Phi) is 9.97. The van der Waals surface area contributed by atoms with Crippen LogP contribution in [0.4, 0.5) is 0 Å². The molecule has 1 aromatic rings. The molecule has 0 bridgehead atoms. The highest BCUT2D eigenvalue weighted by Crippen LogP contribution is 2.23. The number of rotatable bonds is 9. The first-order chi connectivity index (χ1) is 10.8. The van der Waals surface area contributed by atoms with E-state index < -0.39 is 0 Å². The molecule has 2 N–H and O–H groups in total. The van der Waals surface area contributed by atoms with Gasteiger partial charge >= 0.3 is 0 Å². The Balaban J connectivity index is 0.00000264. The molecule has 0 saturated carbocycles. The van der Waals surface area contributed by atoms with Crippen molar-refractivity contribution < 1.29 is 4.79 Å². The molecule has 0 spiro atoms. The molecular weight excluding hydrogens is 308 g/mol. The maximum Gasteiger partial charge on any atom is 0.222 e. The highest BCUT2D eigenvalue weighted by atomic mass is 35.5. The van der Waals surface area contributed by atoms with Crippen LogP contribution in [0.25, 0.3) is 0 Å². The smallest absolute Gasteiger partial charge is 0.222 e. The monoisotopic (exact) mass is 338 g/mol. The summed E-state index contributed by atoms with van der Waals surface area (Å²) < 4.78 is 0. The lowest BCUT2D eigenvalue weighted by Gasteiger charge is -2.25. The summed E-state index contributed by atoms with van der Waals surface area (Å²) in [4.78, 5) is 14.5. The third-order valence-electron chi connectivity index (χ3n) is 4.65. The fourth-order valence-corrected chi connectivity index (χ4v) is 3.36. The van der Waals surface area contributed by atoms with Gasteiger partial charge < -0.3 is 10.6 Å². The second-order valence-electron chi connectivity index (χ2n) is 6.36. The topological polar surface area (TPSA) is 46.3 Å². The van der Waals surface area contributed by atoms with Gasteiger partial charge in [-0.1, -0.05) is 43.2 Å². The minimum absolute atomic E-state index is 0. The molecule has 1 aliphatic rings. The maximum atomic E-state index is 12.4. The van der Waals surface area contributed by atoms with Crippen LogP contribution in [-0.2, 0) is 11.2 Å². The molecule has 4 heteroatoms. The normalized spacial score (nSPS) is 17.1. The highest BCUT2D eigenvalue weighted by Gasteiger charge is 2.27. The molecule has 1 fully saturated rings. The van der Waals surface area contributed by atoms with Crippen molar-refractivity contribution in [2.45, 2.75) is 63.8 Å². The molecule has 0 aromatic heterocycles. The van der Waals surface area contributed by atoms with Gasteiger partial charge in [0, 0.05) is 19.0 Å². The van der Waals surface area contributed by atoms with Crippen molar-refractivity contribution in [1.82, 2.24) is 4.90 Å². The highest BCUT2D eigenvalue weighted by molar-refractivity contribution is 5.85. The van der Waals surface area contributed by atoms with Crippen LogP contribution in [-0.4, -0.2) is 29.9 Å². The third-order valence-corrected chi connectivity index (χ3v) is 4.65. The molecule has 1 unspecified atom stereocenters. The molecule has 1 aliphatic heterocycles. The lowest BCUT2D eigenvalue weighted by atomic mass is 10.0. The number of nitrogens with two attached hydrogens (primary N) is 1. The quantitative estimate of drug-likeness (QED) is 0.693. The van der Waals surface area contributed by atoms with Gasteiger partial charge in [-0.05, 0) is 50.6 Å². The van der Waals surface area contributed by atoms with E-state index in [4.69, 9.17) is 5.73 Å². The first-order valence-corrected chi connectivity index (χ1v) is 8.84. The Bertz CT molecular complexity index is 438. The summed E-state index contributed by atoms with van der Waals surface area (Å²) in [6.07, 6.45) is 9.61. The number of halogens is 1. The van der Waals surface area contributed by atoms with Gasteiger partial charge in [0.05, 0.1) is 0 Å². The second-order valence-corrected chi connectivity index (χ2v) is 6.36. The van der Waals surface area contributed by atoms with E-state index in [1.807, 2.05) is 0 Å². The van der Waals surface area contributed by atoms with Crippen LogP contribution in [0, 0.1) is 0 Å². The number of carbonyl (C=O) groups excluding carboxylic acids is 1. The largest absolute Gasteiger partial charge is 0.340 e. The first-order valence-electron chi connectivity index (χ1n) is 8.84. The van der Waals surface area contributed by atoms with Crippen molar-refractivity contribution in [3.05, 3.63) is 35.9 Å². The van der Waals surface area contributed by atoms with Gasteiger partial charge in [0.2, 0.25) is 5.91 Å². The standard InChI is InChI=1S/C19H30N2O.ClH/c20-15-7-2-1-6-12-19(22)21-16-8-11-18(21)14-13-17-9-4-3-5-10-17;/h3-5,9-10,18H,1-2,6-8,11-16,20H2;1H. The van der Waals surface area contributed by atoms with Crippen LogP contribution >= 0.6 is 12.4 Å². The summed E-state index contributed by atoms with van der Waals surface area (Å²) in [5.41, 5.74) is 6.87. The zero-order valence-electron chi connectivity index (χ0n) is 14.1. The molecule has 23 heavy (non-hydrogen) atoms. The molecule has 1 amide bonds. The van der Waals surface area contributed by atoms with Crippen molar-refractivity contribution in [1.29, 1.82) is 0 Å². The van der Waals surface area contributed by atoms with E-state index in [2.05, 4.69) is 35.2 Å². The molecule has 130 valence electrons. The number of hydrogen-bond donors (Lipinski definition) is 1. The SMILES string of the molecule is Cl.NCCCCCCC(=O)N1CCCC1CCc1ccccc1.